The SMILES string of the molecule is CCO[S@@](=O)C1CCCCC1. The van der Waals surface area contributed by atoms with E-state index < -0.39 is 11.1 Å². The van der Waals surface area contributed by atoms with Gasteiger partial charge in [0.2, 0.25) is 0 Å². The molecular formula is C8H16O2S. The van der Waals surface area contributed by atoms with Crippen LogP contribution in [0, 0.1) is 0 Å². The van der Waals surface area contributed by atoms with E-state index in [1.54, 1.807) is 0 Å². The van der Waals surface area contributed by atoms with Gasteiger partial charge in [0, 0.05) is 0 Å². The van der Waals surface area contributed by atoms with Gasteiger partial charge in [-0.2, -0.15) is 0 Å². The molecule has 1 atom stereocenters. The van der Waals surface area contributed by atoms with E-state index in [0.717, 1.165) is 12.8 Å². The smallest absolute Gasteiger partial charge is 0.158 e. The summed E-state index contributed by atoms with van der Waals surface area (Å²) in [6, 6.07) is 0. The van der Waals surface area contributed by atoms with Gasteiger partial charge in [-0.1, -0.05) is 19.3 Å². The van der Waals surface area contributed by atoms with Crippen LogP contribution in [0.3, 0.4) is 0 Å². The minimum absolute atomic E-state index is 0.323. The summed E-state index contributed by atoms with van der Waals surface area (Å²) in [5.41, 5.74) is 0. The third-order valence-corrected chi connectivity index (χ3v) is 3.54. The Bertz CT molecular complexity index is 130. The van der Waals surface area contributed by atoms with Crippen LogP contribution in [0.1, 0.15) is 39.0 Å². The molecule has 0 amide bonds. The lowest BCUT2D eigenvalue weighted by Gasteiger charge is -2.19. The summed E-state index contributed by atoms with van der Waals surface area (Å²) in [7, 11) is 0. The molecule has 0 saturated heterocycles. The summed E-state index contributed by atoms with van der Waals surface area (Å²) in [6.45, 7) is 2.46. The molecule has 0 aromatic rings. The molecule has 0 aromatic carbocycles. The van der Waals surface area contributed by atoms with Gasteiger partial charge in [-0.3, -0.25) is 4.18 Å². The Morgan fingerprint density at radius 1 is 1.36 bits per heavy atom. The number of hydrogen-bond acceptors (Lipinski definition) is 2. The summed E-state index contributed by atoms with van der Waals surface area (Å²) >= 11 is -1.01. The van der Waals surface area contributed by atoms with Crippen molar-refractivity contribution in [3.63, 3.8) is 0 Å². The van der Waals surface area contributed by atoms with Gasteiger partial charge < -0.3 is 0 Å². The Kier molecular flexibility index (Phi) is 4.08. The first kappa shape index (κ1) is 9.20. The molecule has 1 saturated carbocycles. The molecule has 0 N–H and O–H groups in total. The molecule has 0 radical (unpaired) electrons. The summed E-state index contributed by atoms with van der Waals surface area (Å²) in [6.07, 6.45) is 5.94. The van der Waals surface area contributed by atoms with Gasteiger partial charge in [0.05, 0.1) is 11.9 Å². The van der Waals surface area contributed by atoms with Crippen LogP contribution in [0.4, 0.5) is 0 Å². The van der Waals surface area contributed by atoms with Crippen LogP contribution in [0.2, 0.25) is 0 Å². The second-order valence-corrected chi connectivity index (χ2v) is 4.35. The first-order chi connectivity index (χ1) is 5.34. The first-order valence-corrected chi connectivity index (χ1v) is 5.52. The minimum Gasteiger partial charge on any atom is -0.291 e. The lowest BCUT2D eigenvalue weighted by molar-refractivity contribution is 0.355. The average molecular weight is 176 g/mol. The molecule has 66 valence electrons. The number of rotatable bonds is 3. The van der Waals surface area contributed by atoms with Crippen molar-refractivity contribution < 1.29 is 8.39 Å². The monoisotopic (exact) mass is 176 g/mol. The molecule has 0 heterocycles. The van der Waals surface area contributed by atoms with E-state index in [2.05, 4.69) is 0 Å². The Hall–Kier alpha value is 0.110. The highest BCUT2D eigenvalue weighted by atomic mass is 32.2. The molecule has 11 heavy (non-hydrogen) atoms. The van der Waals surface area contributed by atoms with Crippen LogP contribution in [-0.2, 0) is 15.3 Å². The third kappa shape index (κ3) is 2.91. The van der Waals surface area contributed by atoms with Gasteiger partial charge >= 0.3 is 0 Å². The fourth-order valence-electron chi connectivity index (χ4n) is 1.47. The maximum absolute atomic E-state index is 11.3. The molecule has 0 bridgehead atoms. The second-order valence-electron chi connectivity index (χ2n) is 2.93. The lowest BCUT2D eigenvalue weighted by atomic mass is 10.0. The van der Waals surface area contributed by atoms with Crippen LogP contribution >= 0.6 is 0 Å². The maximum atomic E-state index is 11.3. The largest absolute Gasteiger partial charge is 0.291 e. The topological polar surface area (TPSA) is 26.3 Å². The van der Waals surface area contributed by atoms with Crippen molar-refractivity contribution in [3.8, 4) is 0 Å². The number of hydrogen-bond donors (Lipinski definition) is 0. The van der Waals surface area contributed by atoms with Crippen molar-refractivity contribution in [2.24, 2.45) is 0 Å². The van der Waals surface area contributed by atoms with Crippen molar-refractivity contribution >= 4 is 11.1 Å². The predicted octanol–water partition coefficient (Wildman–Crippen LogP) is 2.02. The normalized spacial score (nSPS) is 23.4. The maximum Gasteiger partial charge on any atom is 0.158 e. The van der Waals surface area contributed by atoms with Crippen LogP contribution < -0.4 is 0 Å². The third-order valence-electron chi connectivity index (χ3n) is 2.06. The van der Waals surface area contributed by atoms with Gasteiger partial charge in [0.25, 0.3) is 0 Å². The van der Waals surface area contributed by atoms with Crippen molar-refractivity contribution in [2.45, 2.75) is 44.3 Å². The Labute approximate surface area is 71.0 Å². The minimum atomic E-state index is -1.01. The van der Waals surface area contributed by atoms with Gasteiger partial charge in [0.15, 0.2) is 11.1 Å². The quantitative estimate of drug-likeness (QED) is 0.657. The van der Waals surface area contributed by atoms with Crippen molar-refractivity contribution in [1.82, 2.24) is 0 Å². The molecule has 3 heteroatoms. The van der Waals surface area contributed by atoms with Gasteiger partial charge in [-0.25, -0.2) is 4.21 Å². The predicted molar refractivity (Wildman–Crippen MR) is 46.6 cm³/mol. The molecule has 0 spiro atoms. The molecule has 1 fully saturated rings. The van der Waals surface area contributed by atoms with Gasteiger partial charge in [-0.05, 0) is 19.8 Å². The second kappa shape index (κ2) is 4.88. The van der Waals surface area contributed by atoms with Gasteiger partial charge in [-0.15, -0.1) is 0 Å². The van der Waals surface area contributed by atoms with Crippen LogP contribution in [0.15, 0.2) is 0 Å². The molecule has 0 unspecified atom stereocenters. The standard InChI is InChI=1S/C8H16O2S/c1-2-10-11(9)8-6-4-3-5-7-8/h8H,2-7H2,1H3/t11-/m1/s1. The van der Waals surface area contributed by atoms with Crippen molar-refractivity contribution in [1.29, 1.82) is 0 Å². The van der Waals surface area contributed by atoms with Gasteiger partial charge in [0.1, 0.15) is 0 Å². The van der Waals surface area contributed by atoms with E-state index >= 15 is 0 Å². The van der Waals surface area contributed by atoms with E-state index in [4.69, 9.17) is 4.18 Å². The zero-order valence-corrected chi connectivity index (χ0v) is 7.86. The molecule has 1 aliphatic rings. The van der Waals surface area contributed by atoms with E-state index in [1.807, 2.05) is 6.92 Å². The Balaban J connectivity index is 2.27. The lowest BCUT2D eigenvalue weighted by Crippen LogP contribution is -2.20. The summed E-state index contributed by atoms with van der Waals surface area (Å²) in [5, 5.41) is 0.323. The van der Waals surface area contributed by atoms with Crippen LogP contribution in [-0.4, -0.2) is 16.1 Å². The Morgan fingerprint density at radius 3 is 2.55 bits per heavy atom. The molecule has 2 nitrogen and oxygen atoms in total. The zero-order valence-electron chi connectivity index (χ0n) is 7.04. The summed E-state index contributed by atoms with van der Waals surface area (Å²) in [4.78, 5) is 0. The molecular weight excluding hydrogens is 160 g/mol. The molecule has 0 aliphatic heterocycles. The molecule has 1 rings (SSSR count). The molecule has 0 aromatic heterocycles. The summed E-state index contributed by atoms with van der Waals surface area (Å²) < 4.78 is 16.3. The highest BCUT2D eigenvalue weighted by molar-refractivity contribution is 7.80. The first-order valence-electron chi connectivity index (χ1n) is 4.38. The Morgan fingerprint density at radius 2 is 2.00 bits per heavy atom. The van der Waals surface area contributed by atoms with Crippen LogP contribution in [0.5, 0.6) is 0 Å². The van der Waals surface area contributed by atoms with E-state index in [1.165, 1.54) is 19.3 Å². The van der Waals surface area contributed by atoms with Crippen molar-refractivity contribution in [3.05, 3.63) is 0 Å². The highest BCUT2D eigenvalue weighted by Crippen LogP contribution is 2.22. The summed E-state index contributed by atoms with van der Waals surface area (Å²) in [5.74, 6) is 0. The molecule has 1 aliphatic carbocycles. The van der Waals surface area contributed by atoms with E-state index in [9.17, 15) is 4.21 Å². The zero-order chi connectivity index (χ0) is 8.10. The fraction of sp³-hybridized carbons (Fsp3) is 1.00. The average Bonchev–Trinajstić information content (AvgIpc) is 2.07. The van der Waals surface area contributed by atoms with Crippen LogP contribution in [0.25, 0.3) is 0 Å². The van der Waals surface area contributed by atoms with E-state index in [0.29, 0.717) is 11.9 Å². The highest BCUT2D eigenvalue weighted by Gasteiger charge is 2.19. The van der Waals surface area contributed by atoms with E-state index in [-0.39, 0.29) is 0 Å². The van der Waals surface area contributed by atoms with Crippen molar-refractivity contribution in [2.75, 3.05) is 6.61 Å². The fourth-order valence-corrected chi connectivity index (χ4v) is 2.61.